The van der Waals surface area contributed by atoms with E-state index in [-0.39, 0.29) is 5.76 Å². The minimum atomic E-state index is -1.55. The summed E-state index contributed by atoms with van der Waals surface area (Å²) in [5.41, 5.74) is 5.60. The molecule has 104 valence electrons. The maximum atomic E-state index is 11.3. The number of aliphatic hydroxyl groups is 4. The second-order valence-corrected chi connectivity index (χ2v) is 3.91. The Bertz CT molecular complexity index is 332. The van der Waals surface area contributed by atoms with Crippen molar-refractivity contribution in [2.75, 3.05) is 13.7 Å². The fourth-order valence-electron chi connectivity index (χ4n) is 1.57. The average Bonchev–Trinajstić information content (AvgIpc) is 2.38. The second kappa shape index (κ2) is 6.12. The Morgan fingerprint density at radius 2 is 2.22 bits per heavy atom. The van der Waals surface area contributed by atoms with Gasteiger partial charge in [-0.3, -0.25) is 0 Å². The van der Waals surface area contributed by atoms with Crippen LogP contribution in [0.25, 0.3) is 0 Å². The number of carbonyl (C=O) groups excluding carboxylic acids is 1. The molecule has 5 atom stereocenters. The van der Waals surface area contributed by atoms with Gasteiger partial charge >= 0.3 is 5.97 Å². The monoisotopic (exact) mass is 263 g/mol. The van der Waals surface area contributed by atoms with Crippen molar-refractivity contribution in [1.29, 1.82) is 0 Å². The van der Waals surface area contributed by atoms with Crippen LogP contribution in [0.3, 0.4) is 0 Å². The first-order valence-corrected chi connectivity index (χ1v) is 5.29. The molecule has 0 saturated heterocycles. The van der Waals surface area contributed by atoms with E-state index in [1.165, 1.54) is 0 Å². The van der Waals surface area contributed by atoms with E-state index < -0.39 is 43.0 Å². The van der Waals surface area contributed by atoms with Crippen LogP contribution >= 0.6 is 0 Å². The van der Waals surface area contributed by atoms with Crippen molar-refractivity contribution in [2.45, 2.75) is 30.5 Å². The minimum Gasteiger partial charge on any atom is -0.479 e. The van der Waals surface area contributed by atoms with E-state index in [0.717, 1.165) is 13.2 Å². The number of aliphatic hydroxyl groups excluding tert-OH is 4. The molecule has 0 saturated carbocycles. The summed E-state index contributed by atoms with van der Waals surface area (Å²) < 4.78 is 9.50. The number of rotatable bonds is 4. The van der Waals surface area contributed by atoms with Gasteiger partial charge in [0.1, 0.15) is 18.3 Å². The van der Waals surface area contributed by atoms with Crippen LogP contribution in [0.2, 0.25) is 0 Å². The van der Waals surface area contributed by atoms with E-state index in [2.05, 4.69) is 4.74 Å². The summed E-state index contributed by atoms with van der Waals surface area (Å²) in [5.74, 6) is -1.14. The number of ether oxygens (including phenoxy) is 2. The van der Waals surface area contributed by atoms with Crippen LogP contribution in [-0.4, -0.2) is 70.6 Å². The summed E-state index contributed by atoms with van der Waals surface area (Å²) in [6.45, 7) is -0.707. The second-order valence-electron chi connectivity index (χ2n) is 3.91. The van der Waals surface area contributed by atoms with E-state index in [9.17, 15) is 20.1 Å². The Hall–Kier alpha value is -1.19. The molecule has 0 aromatic carbocycles. The summed E-state index contributed by atoms with van der Waals surface area (Å²) in [6, 6.07) is -1.05. The first-order chi connectivity index (χ1) is 8.42. The fraction of sp³-hybridized carbons (Fsp3) is 0.700. The van der Waals surface area contributed by atoms with Crippen LogP contribution in [0.15, 0.2) is 11.8 Å². The number of methoxy groups -OCH3 is 1. The van der Waals surface area contributed by atoms with E-state index in [0.29, 0.717) is 0 Å². The van der Waals surface area contributed by atoms with Gasteiger partial charge in [-0.2, -0.15) is 0 Å². The van der Waals surface area contributed by atoms with Gasteiger partial charge in [0.2, 0.25) is 5.76 Å². The van der Waals surface area contributed by atoms with Crippen LogP contribution in [0, 0.1) is 0 Å². The first kappa shape index (κ1) is 14.9. The molecule has 6 N–H and O–H groups in total. The molecule has 1 rings (SSSR count). The predicted octanol–water partition coefficient (Wildman–Crippen LogP) is -3.16. The quantitative estimate of drug-likeness (QED) is 0.335. The van der Waals surface area contributed by atoms with Gasteiger partial charge in [-0.1, -0.05) is 0 Å². The van der Waals surface area contributed by atoms with Crippen molar-refractivity contribution < 1.29 is 34.7 Å². The molecule has 4 unspecified atom stereocenters. The molecule has 8 nitrogen and oxygen atoms in total. The molecule has 0 radical (unpaired) electrons. The van der Waals surface area contributed by atoms with Crippen LogP contribution in [0.4, 0.5) is 0 Å². The zero-order valence-electron chi connectivity index (χ0n) is 9.76. The van der Waals surface area contributed by atoms with Crippen molar-refractivity contribution in [3.8, 4) is 0 Å². The van der Waals surface area contributed by atoms with Crippen molar-refractivity contribution in [1.82, 2.24) is 0 Å². The van der Waals surface area contributed by atoms with Crippen molar-refractivity contribution in [2.24, 2.45) is 5.73 Å². The molecule has 0 aromatic rings. The van der Waals surface area contributed by atoms with E-state index in [1.54, 1.807) is 0 Å². The largest absolute Gasteiger partial charge is 0.479 e. The molecule has 0 amide bonds. The van der Waals surface area contributed by atoms with E-state index >= 15 is 0 Å². The van der Waals surface area contributed by atoms with Crippen LogP contribution < -0.4 is 5.73 Å². The van der Waals surface area contributed by atoms with Crippen LogP contribution in [-0.2, 0) is 14.3 Å². The van der Waals surface area contributed by atoms with Gasteiger partial charge in [-0.25, -0.2) is 4.79 Å². The van der Waals surface area contributed by atoms with Gasteiger partial charge in [0.05, 0.1) is 25.9 Å². The molecule has 1 aliphatic heterocycles. The number of hydrogen-bond acceptors (Lipinski definition) is 8. The number of hydrogen-bond donors (Lipinski definition) is 5. The Labute approximate surface area is 103 Å². The SMILES string of the molecule is COC(=O)C1=CC(O)C(N)[C@H](C(O)C(O)CO)O1. The van der Waals surface area contributed by atoms with E-state index in [4.69, 9.17) is 15.6 Å². The summed E-state index contributed by atoms with van der Waals surface area (Å²) in [4.78, 5) is 11.3. The molecule has 8 heteroatoms. The predicted molar refractivity (Wildman–Crippen MR) is 58.1 cm³/mol. The third-order valence-electron chi connectivity index (χ3n) is 2.66. The summed E-state index contributed by atoms with van der Waals surface area (Å²) in [6.07, 6.45) is -4.46. The Morgan fingerprint density at radius 1 is 1.61 bits per heavy atom. The van der Waals surface area contributed by atoms with Crippen molar-refractivity contribution in [3.05, 3.63) is 11.8 Å². The fourth-order valence-corrected chi connectivity index (χ4v) is 1.57. The van der Waals surface area contributed by atoms with Crippen LogP contribution in [0.1, 0.15) is 0 Å². The highest BCUT2D eigenvalue weighted by Gasteiger charge is 2.40. The normalized spacial score (nSPS) is 31.0. The number of nitrogens with two attached hydrogens (primary N) is 1. The lowest BCUT2D eigenvalue weighted by atomic mass is 9.95. The van der Waals surface area contributed by atoms with Gasteiger partial charge in [-0.05, 0) is 6.08 Å². The number of esters is 1. The zero-order valence-corrected chi connectivity index (χ0v) is 9.76. The molecule has 0 fully saturated rings. The highest BCUT2D eigenvalue weighted by molar-refractivity contribution is 5.86. The topological polar surface area (TPSA) is 142 Å². The lowest BCUT2D eigenvalue weighted by Crippen LogP contribution is -2.57. The number of carbonyl (C=O) groups is 1. The third kappa shape index (κ3) is 2.98. The smallest absolute Gasteiger partial charge is 0.373 e. The third-order valence-corrected chi connectivity index (χ3v) is 2.66. The van der Waals surface area contributed by atoms with Gasteiger partial charge in [0.15, 0.2) is 0 Å². The zero-order chi connectivity index (χ0) is 13.9. The minimum absolute atomic E-state index is 0.305. The Balaban J connectivity index is 2.88. The summed E-state index contributed by atoms with van der Waals surface area (Å²) in [7, 11) is 1.13. The van der Waals surface area contributed by atoms with Gasteiger partial charge in [0.25, 0.3) is 0 Å². The molecule has 1 heterocycles. The van der Waals surface area contributed by atoms with Gasteiger partial charge < -0.3 is 35.6 Å². The average molecular weight is 263 g/mol. The Morgan fingerprint density at radius 3 is 2.72 bits per heavy atom. The molecule has 0 aliphatic carbocycles. The van der Waals surface area contributed by atoms with E-state index in [1.807, 2.05) is 0 Å². The van der Waals surface area contributed by atoms with Crippen molar-refractivity contribution in [3.63, 3.8) is 0 Å². The lowest BCUT2D eigenvalue weighted by molar-refractivity contribution is -0.149. The van der Waals surface area contributed by atoms with Crippen molar-refractivity contribution >= 4 is 5.97 Å². The molecule has 18 heavy (non-hydrogen) atoms. The highest BCUT2D eigenvalue weighted by atomic mass is 16.6. The molecule has 0 spiro atoms. The first-order valence-electron chi connectivity index (χ1n) is 5.29. The molecular formula is C10H17NO7. The standard InChI is InChI=1S/C10H17NO7/c1-17-10(16)6-2-4(13)7(11)9(18-6)8(15)5(14)3-12/h2,4-5,7-9,12-15H,3,11H2,1H3/t4?,5?,7?,8?,9-/m1/s1. The molecule has 1 aliphatic rings. The summed E-state index contributed by atoms with van der Waals surface area (Å²) in [5, 5.41) is 37.4. The maximum absolute atomic E-state index is 11.3. The Kier molecular flexibility index (Phi) is 5.05. The highest BCUT2D eigenvalue weighted by Crippen LogP contribution is 2.21. The summed E-state index contributed by atoms with van der Waals surface area (Å²) >= 11 is 0. The molecular weight excluding hydrogens is 246 g/mol. The lowest BCUT2D eigenvalue weighted by Gasteiger charge is -2.36. The van der Waals surface area contributed by atoms with Gasteiger partial charge in [-0.15, -0.1) is 0 Å². The van der Waals surface area contributed by atoms with Crippen LogP contribution in [0.5, 0.6) is 0 Å². The van der Waals surface area contributed by atoms with Gasteiger partial charge in [0, 0.05) is 0 Å². The molecule has 0 aromatic heterocycles. The molecule has 0 bridgehead atoms. The maximum Gasteiger partial charge on any atom is 0.373 e.